The molecule has 0 N–H and O–H groups in total. The Kier molecular flexibility index (Phi) is 7.05. The summed E-state index contributed by atoms with van der Waals surface area (Å²) in [5.74, 6) is 3.75. The topological polar surface area (TPSA) is 52.6 Å². The van der Waals surface area contributed by atoms with Gasteiger partial charge < -0.3 is 9.47 Å². The fourth-order valence-corrected chi connectivity index (χ4v) is 8.79. The average Bonchev–Trinajstić information content (AvgIpc) is 3.00. The minimum atomic E-state index is -0.260. The number of esters is 2. The van der Waals surface area contributed by atoms with Gasteiger partial charge in [0.15, 0.2) is 0 Å². The van der Waals surface area contributed by atoms with E-state index in [0.29, 0.717) is 29.6 Å². The Balaban J connectivity index is 1.59. The molecule has 8 atom stereocenters. The third-order valence-electron chi connectivity index (χ3n) is 10.4. The first-order chi connectivity index (χ1) is 15.6. The van der Waals surface area contributed by atoms with E-state index in [4.69, 9.17) is 9.47 Å². The summed E-state index contributed by atoms with van der Waals surface area (Å²) >= 11 is 0. The van der Waals surface area contributed by atoms with Gasteiger partial charge in [0, 0.05) is 18.9 Å². The van der Waals surface area contributed by atoms with Crippen LogP contribution in [0.3, 0.4) is 0 Å². The zero-order valence-corrected chi connectivity index (χ0v) is 21.8. The molecule has 0 unspecified atom stereocenters. The second-order valence-corrected chi connectivity index (χ2v) is 12.7. The van der Waals surface area contributed by atoms with Crippen molar-refractivity contribution in [1.29, 1.82) is 0 Å². The first kappa shape index (κ1) is 24.8. The molecule has 4 nitrogen and oxygen atoms in total. The van der Waals surface area contributed by atoms with Crippen molar-refractivity contribution in [3.63, 3.8) is 0 Å². The van der Waals surface area contributed by atoms with Gasteiger partial charge >= 0.3 is 11.9 Å². The molecule has 0 amide bonds. The number of hydrogen-bond acceptors (Lipinski definition) is 4. The molecule has 0 aromatic carbocycles. The van der Waals surface area contributed by atoms with Crippen LogP contribution in [0.25, 0.3) is 0 Å². The van der Waals surface area contributed by atoms with E-state index < -0.39 is 0 Å². The molecule has 1 heterocycles. The van der Waals surface area contributed by atoms with Crippen LogP contribution in [0.1, 0.15) is 106 Å². The van der Waals surface area contributed by atoms with E-state index >= 15 is 0 Å². The van der Waals surface area contributed by atoms with Crippen LogP contribution in [0.4, 0.5) is 0 Å². The molecule has 4 aliphatic rings. The fraction of sp³-hybridized carbons (Fsp3) is 0.862. The van der Waals surface area contributed by atoms with Crippen molar-refractivity contribution in [2.75, 3.05) is 0 Å². The van der Waals surface area contributed by atoms with Crippen molar-refractivity contribution in [2.45, 2.75) is 112 Å². The summed E-state index contributed by atoms with van der Waals surface area (Å²) in [5, 5.41) is 0. The normalized spacial score (nSPS) is 41.2. The molecule has 0 aromatic heterocycles. The highest BCUT2D eigenvalue weighted by molar-refractivity contribution is 5.71. The summed E-state index contributed by atoms with van der Waals surface area (Å²) < 4.78 is 11.3. The van der Waals surface area contributed by atoms with E-state index in [2.05, 4.69) is 34.6 Å². The van der Waals surface area contributed by atoms with Crippen LogP contribution in [-0.2, 0) is 19.1 Å². The minimum Gasteiger partial charge on any atom is -0.458 e. The van der Waals surface area contributed by atoms with Gasteiger partial charge in [0.2, 0.25) is 0 Å². The standard InChI is InChI=1S/C29H46O4/c1-18(2)8-7-9-19(3)22-10-11-23-21-16-26(33-20(4)30)25-17-32-27(31)13-15-29(25,6)24(21)12-14-28(22,23)5/h17-19,21-24,26H,7-16H2,1-6H3/t19-,21+,22-,23+,24+,26-,28-,29-/m1/s1. The maximum atomic E-state index is 12.2. The van der Waals surface area contributed by atoms with Gasteiger partial charge in [-0.1, -0.05) is 53.9 Å². The monoisotopic (exact) mass is 458 g/mol. The molecule has 0 radical (unpaired) electrons. The highest BCUT2D eigenvalue weighted by Gasteiger charge is 2.61. The SMILES string of the molecule is CC(=O)O[C@@H]1C[C@H]2[C@@H]3CC[C@H]([C@H](C)CCCC(C)C)[C@@]3(C)CC[C@@H]2[C@@]2(C)CCC(=O)OC=C12. The first-order valence-electron chi connectivity index (χ1n) is 13.6. The van der Waals surface area contributed by atoms with Crippen LogP contribution in [-0.4, -0.2) is 18.0 Å². The Labute approximate surface area is 201 Å². The van der Waals surface area contributed by atoms with Crippen molar-refractivity contribution in [3.05, 3.63) is 11.8 Å². The van der Waals surface area contributed by atoms with Crippen LogP contribution in [0.5, 0.6) is 0 Å². The number of cyclic esters (lactones) is 1. The molecule has 0 saturated heterocycles. The number of carbonyl (C=O) groups excluding carboxylic acids is 2. The number of rotatable bonds is 6. The Hall–Kier alpha value is -1.32. The van der Waals surface area contributed by atoms with Gasteiger partial charge in [0.25, 0.3) is 0 Å². The predicted octanol–water partition coefficient (Wildman–Crippen LogP) is 7.07. The molecule has 0 bridgehead atoms. The maximum Gasteiger partial charge on any atom is 0.310 e. The maximum absolute atomic E-state index is 12.2. The smallest absolute Gasteiger partial charge is 0.310 e. The zero-order chi connectivity index (χ0) is 24.0. The molecule has 3 fully saturated rings. The van der Waals surface area contributed by atoms with Crippen molar-refractivity contribution in [3.8, 4) is 0 Å². The van der Waals surface area contributed by atoms with Crippen LogP contribution in [0, 0.1) is 46.3 Å². The lowest BCUT2D eigenvalue weighted by Crippen LogP contribution is -2.53. The summed E-state index contributed by atoms with van der Waals surface area (Å²) in [4.78, 5) is 24.2. The minimum absolute atomic E-state index is 0.127. The Morgan fingerprint density at radius 1 is 1.12 bits per heavy atom. The Morgan fingerprint density at radius 2 is 1.88 bits per heavy atom. The molecular formula is C29H46O4. The van der Waals surface area contributed by atoms with Gasteiger partial charge in [-0.05, 0) is 84.9 Å². The largest absolute Gasteiger partial charge is 0.458 e. The summed E-state index contributed by atoms with van der Waals surface area (Å²) in [6, 6.07) is 0. The lowest BCUT2D eigenvalue weighted by Gasteiger charge is -2.58. The first-order valence-corrected chi connectivity index (χ1v) is 13.6. The molecule has 0 aromatic rings. The molecule has 186 valence electrons. The zero-order valence-electron chi connectivity index (χ0n) is 21.8. The molecule has 3 aliphatic carbocycles. The van der Waals surface area contributed by atoms with Gasteiger partial charge in [-0.2, -0.15) is 0 Å². The van der Waals surface area contributed by atoms with Gasteiger partial charge in [-0.3, -0.25) is 9.59 Å². The van der Waals surface area contributed by atoms with E-state index in [9.17, 15) is 9.59 Å². The predicted molar refractivity (Wildman–Crippen MR) is 130 cm³/mol. The summed E-state index contributed by atoms with van der Waals surface area (Å²) in [5.41, 5.74) is 1.30. The molecule has 4 rings (SSSR count). The van der Waals surface area contributed by atoms with E-state index in [0.717, 1.165) is 36.2 Å². The summed E-state index contributed by atoms with van der Waals surface area (Å²) in [6.45, 7) is 13.6. The van der Waals surface area contributed by atoms with Crippen molar-refractivity contribution in [2.24, 2.45) is 46.3 Å². The van der Waals surface area contributed by atoms with Crippen LogP contribution < -0.4 is 0 Å². The number of fused-ring (bicyclic) bond motifs is 5. The molecule has 33 heavy (non-hydrogen) atoms. The number of carbonyl (C=O) groups is 2. The quantitative estimate of drug-likeness (QED) is 0.399. The molecule has 3 saturated carbocycles. The second kappa shape index (κ2) is 9.38. The van der Waals surface area contributed by atoms with Gasteiger partial charge in [-0.15, -0.1) is 0 Å². The molecule has 4 heteroatoms. The third kappa shape index (κ3) is 4.52. The van der Waals surface area contributed by atoms with Gasteiger partial charge in [-0.25, -0.2) is 0 Å². The average molecular weight is 459 g/mol. The van der Waals surface area contributed by atoms with Crippen LogP contribution in [0.2, 0.25) is 0 Å². The highest BCUT2D eigenvalue weighted by atomic mass is 16.5. The third-order valence-corrected chi connectivity index (χ3v) is 10.4. The molecule has 0 spiro atoms. The Bertz CT molecular complexity index is 784. The summed E-state index contributed by atoms with van der Waals surface area (Å²) in [7, 11) is 0. The fourth-order valence-electron chi connectivity index (χ4n) is 8.79. The second-order valence-electron chi connectivity index (χ2n) is 12.7. The molecule has 1 aliphatic heterocycles. The van der Waals surface area contributed by atoms with E-state index in [1.54, 1.807) is 6.26 Å². The van der Waals surface area contributed by atoms with Crippen LogP contribution >= 0.6 is 0 Å². The van der Waals surface area contributed by atoms with Crippen LogP contribution in [0.15, 0.2) is 11.8 Å². The van der Waals surface area contributed by atoms with Gasteiger partial charge in [0.1, 0.15) is 6.10 Å². The van der Waals surface area contributed by atoms with E-state index in [1.807, 2.05) is 0 Å². The van der Waals surface area contributed by atoms with E-state index in [-0.39, 0.29) is 23.5 Å². The number of ether oxygens (including phenoxy) is 2. The van der Waals surface area contributed by atoms with Crippen molar-refractivity contribution < 1.29 is 19.1 Å². The molecular weight excluding hydrogens is 412 g/mol. The summed E-state index contributed by atoms with van der Waals surface area (Å²) in [6.07, 6.45) is 12.7. The van der Waals surface area contributed by atoms with Crippen molar-refractivity contribution >= 4 is 11.9 Å². The van der Waals surface area contributed by atoms with Gasteiger partial charge in [0.05, 0.1) is 6.26 Å². The lowest BCUT2D eigenvalue weighted by molar-refractivity contribution is -0.152. The van der Waals surface area contributed by atoms with E-state index in [1.165, 1.54) is 51.9 Å². The lowest BCUT2D eigenvalue weighted by atomic mass is 9.46. The Morgan fingerprint density at radius 3 is 2.58 bits per heavy atom. The highest BCUT2D eigenvalue weighted by Crippen LogP contribution is 2.67. The van der Waals surface area contributed by atoms with Crippen molar-refractivity contribution in [1.82, 2.24) is 0 Å². The number of hydrogen-bond donors (Lipinski definition) is 0.